The first-order chi connectivity index (χ1) is 14.2. The van der Waals surface area contributed by atoms with Crippen molar-refractivity contribution in [3.05, 3.63) is 60.4 Å². The minimum atomic E-state index is 0.159. The van der Waals surface area contributed by atoms with E-state index in [9.17, 15) is 0 Å². The second-order valence-electron chi connectivity index (χ2n) is 6.96. The monoisotopic (exact) mass is 388 g/mol. The summed E-state index contributed by atoms with van der Waals surface area (Å²) in [6.45, 7) is 3.17. The maximum Gasteiger partial charge on any atom is 0.162 e. The number of para-hydroxylation sites is 1. The number of fused-ring (bicyclic) bond motifs is 2. The van der Waals surface area contributed by atoms with E-state index in [4.69, 9.17) is 18.9 Å². The molecule has 1 aliphatic heterocycles. The average Bonchev–Trinajstić information content (AvgIpc) is 3.57. The zero-order valence-corrected chi connectivity index (χ0v) is 16.2. The third kappa shape index (κ3) is 3.54. The van der Waals surface area contributed by atoms with Gasteiger partial charge in [0.05, 0.1) is 30.4 Å². The van der Waals surface area contributed by atoms with Crippen LogP contribution in [0.4, 0.5) is 0 Å². The summed E-state index contributed by atoms with van der Waals surface area (Å²) in [7, 11) is 1.62. The van der Waals surface area contributed by atoms with Crippen molar-refractivity contribution in [3.8, 4) is 23.0 Å². The van der Waals surface area contributed by atoms with Crippen LogP contribution in [0.15, 0.2) is 54.7 Å². The first kappa shape index (κ1) is 17.7. The molecule has 2 aromatic carbocycles. The summed E-state index contributed by atoms with van der Waals surface area (Å²) < 4.78 is 22.9. The van der Waals surface area contributed by atoms with Crippen LogP contribution in [0, 0.1) is 6.92 Å². The Morgan fingerprint density at radius 3 is 2.69 bits per heavy atom. The first-order valence-electron chi connectivity index (χ1n) is 9.46. The molecule has 29 heavy (non-hydrogen) atoms. The molecule has 6 heteroatoms. The fraction of sp³-hybridized carbons (Fsp3) is 0.217. The van der Waals surface area contributed by atoms with Gasteiger partial charge in [-0.25, -0.2) is 4.98 Å². The molecule has 0 saturated carbocycles. The molecule has 0 spiro atoms. The van der Waals surface area contributed by atoms with Crippen molar-refractivity contribution < 1.29 is 18.9 Å². The van der Waals surface area contributed by atoms with Crippen molar-refractivity contribution >= 4 is 21.8 Å². The molecule has 6 nitrogen and oxygen atoms in total. The van der Waals surface area contributed by atoms with Gasteiger partial charge in [-0.2, -0.15) is 0 Å². The van der Waals surface area contributed by atoms with Gasteiger partial charge in [0.25, 0.3) is 0 Å². The summed E-state index contributed by atoms with van der Waals surface area (Å²) in [4.78, 5) is 9.11. The molecule has 1 unspecified atom stereocenters. The average molecular weight is 388 g/mol. The minimum Gasteiger partial charge on any atom is -0.493 e. The van der Waals surface area contributed by atoms with Gasteiger partial charge in [0, 0.05) is 23.0 Å². The second kappa shape index (κ2) is 7.22. The van der Waals surface area contributed by atoms with Gasteiger partial charge in [-0.3, -0.25) is 4.98 Å². The van der Waals surface area contributed by atoms with Crippen molar-refractivity contribution in [2.75, 3.05) is 20.3 Å². The maximum absolute atomic E-state index is 6.27. The van der Waals surface area contributed by atoms with Gasteiger partial charge in [-0.05, 0) is 31.2 Å². The molecule has 1 fully saturated rings. The molecule has 2 aromatic heterocycles. The topological polar surface area (TPSA) is 66.0 Å². The Kier molecular flexibility index (Phi) is 4.41. The van der Waals surface area contributed by atoms with Crippen molar-refractivity contribution in [2.24, 2.45) is 0 Å². The van der Waals surface area contributed by atoms with Crippen molar-refractivity contribution in [1.29, 1.82) is 0 Å². The molecule has 5 rings (SSSR count). The quantitative estimate of drug-likeness (QED) is 0.447. The highest BCUT2D eigenvalue weighted by Crippen LogP contribution is 2.38. The molecular formula is C23H20N2O4. The number of pyridine rings is 2. The Balaban J connectivity index is 1.55. The van der Waals surface area contributed by atoms with Crippen LogP contribution in [0.3, 0.4) is 0 Å². The number of aryl methyl sites for hydroxylation is 1. The normalized spacial score (nSPS) is 15.4. The Labute approximate surface area is 168 Å². The minimum absolute atomic E-state index is 0.159. The van der Waals surface area contributed by atoms with Crippen molar-refractivity contribution in [3.63, 3.8) is 0 Å². The third-order valence-electron chi connectivity index (χ3n) is 4.90. The second-order valence-corrected chi connectivity index (χ2v) is 6.96. The van der Waals surface area contributed by atoms with E-state index in [1.807, 2.05) is 55.5 Å². The van der Waals surface area contributed by atoms with E-state index in [0.29, 0.717) is 29.6 Å². The molecule has 4 aromatic rings. The predicted octanol–water partition coefficient (Wildman–Crippen LogP) is 4.67. The van der Waals surface area contributed by atoms with Crippen LogP contribution in [0.5, 0.6) is 23.0 Å². The highest BCUT2D eigenvalue weighted by Gasteiger charge is 2.24. The number of epoxide rings is 1. The van der Waals surface area contributed by atoms with Crippen molar-refractivity contribution in [2.45, 2.75) is 13.0 Å². The molecule has 1 aliphatic rings. The van der Waals surface area contributed by atoms with E-state index in [-0.39, 0.29) is 6.10 Å². The zero-order chi connectivity index (χ0) is 19.8. The van der Waals surface area contributed by atoms with Gasteiger partial charge in [-0.1, -0.05) is 18.2 Å². The van der Waals surface area contributed by atoms with Gasteiger partial charge in [0.15, 0.2) is 11.5 Å². The van der Waals surface area contributed by atoms with E-state index in [0.717, 1.165) is 34.1 Å². The Morgan fingerprint density at radius 2 is 1.86 bits per heavy atom. The summed E-state index contributed by atoms with van der Waals surface area (Å²) in [5, 5.41) is 1.87. The van der Waals surface area contributed by atoms with Crippen LogP contribution in [-0.4, -0.2) is 36.4 Å². The lowest BCUT2D eigenvalue weighted by atomic mass is 10.1. The van der Waals surface area contributed by atoms with Crippen LogP contribution >= 0.6 is 0 Å². The number of hydrogen-bond acceptors (Lipinski definition) is 6. The molecule has 0 amide bonds. The van der Waals surface area contributed by atoms with E-state index < -0.39 is 0 Å². The van der Waals surface area contributed by atoms with E-state index >= 15 is 0 Å². The number of hydrogen-bond donors (Lipinski definition) is 0. The molecule has 0 bridgehead atoms. The van der Waals surface area contributed by atoms with Crippen LogP contribution in [0.2, 0.25) is 0 Å². The van der Waals surface area contributed by atoms with E-state index in [2.05, 4.69) is 9.97 Å². The van der Waals surface area contributed by atoms with Gasteiger partial charge in [0.1, 0.15) is 24.2 Å². The number of aromatic nitrogens is 2. The van der Waals surface area contributed by atoms with Gasteiger partial charge in [0.2, 0.25) is 0 Å². The SMILES string of the molecule is COc1cc2nccc(Oc3cc4ccccc4nc3C)c2cc1OCC1CO1. The van der Waals surface area contributed by atoms with Crippen LogP contribution in [0.25, 0.3) is 21.8 Å². The summed E-state index contributed by atoms with van der Waals surface area (Å²) in [6.07, 6.45) is 1.88. The lowest BCUT2D eigenvalue weighted by Gasteiger charge is -2.14. The Morgan fingerprint density at radius 1 is 1.00 bits per heavy atom. The highest BCUT2D eigenvalue weighted by molar-refractivity contribution is 5.88. The van der Waals surface area contributed by atoms with E-state index in [1.54, 1.807) is 13.3 Å². The van der Waals surface area contributed by atoms with Crippen LogP contribution < -0.4 is 14.2 Å². The third-order valence-corrected chi connectivity index (χ3v) is 4.90. The number of benzene rings is 2. The molecule has 146 valence electrons. The molecule has 0 radical (unpaired) electrons. The number of nitrogens with zero attached hydrogens (tertiary/aromatic N) is 2. The van der Waals surface area contributed by atoms with Crippen molar-refractivity contribution in [1.82, 2.24) is 9.97 Å². The fourth-order valence-electron chi connectivity index (χ4n) is 3.25. The Bertz CT molecular complexity index is 1200. The number of methoxy groups -OCH3 is 1. The number of rotatable bonds is 6. The largest absolute Gasteiger partial charge is 0.493 e. The zero-order valence-electron chi connectivity index (χ0n) is 16.2. The van der Waals surface area contributed by atoms with Gasteiger partial charge in [-0.15, -0.1) is 0 Å². The van der Waals surface area contributed by atoms with E-state index in [1.165, 1.54) is 0 Å². The summed E-state index contributed by atoms with van der Waals surface area (Å²) in [5.41, 5.74) is 2.53. The fourth-order valence-corrected chi connectivity index (χ4v) is 3.25. The molecule has 1 saturated heterocycles. The first-order valence-corrected chi connectivity index (χ1v) is 9.46. The number of ether oxygens (including phenoxy) is 4. The summed E-state index contributed by atoms with van der Waals surface area (Å²) >= 11 is 0. The lowest BCUT2D eigenvalue weighted by molar-refractivity contribution is 0.252. The predicted molar refractivity (Wildman–Crippen MR) is 110 cm³/mol. The molecule has 0 aliphatic carbocycles. The lowest BCUT2D eigenvalue weighted by Crippen LogP contribution is -2.05. The standard InChI is InChI=1S/C23H20N2O4/c1-14-21(9-15-5-3-4-6-18(15)25-14)29-20-7-8-24-19-11-22(26-2)23(10-17(19)20)28-13-16-12-27-16/h3-11,16H,12-13H2,1-2H3. The summed E-state index contributed by atoms with van der Waals surface area (Å²) in [6, 6.07) is 15.6. The highest BCUT2D eigenvalue weighted by atomic mass is 16.6. The van der Waals surface area contributed by atoms with Crippen LogP contribution in [0.1, 0.15) is 5.69 Å². The van der Waals surface area contributed by atoms with Gasteiger partial charge >= 0.3 is 0 Å². The van der Waals surface area contributed by atoms with Crippen LogP contribution in [-0.2, 0) is 4.74 Å². The molecule has 1 atom stereocenters. The molecule has 0 N–H and O–H groups in total. The van der Waals surface area contributed by atoms with Gasteiger partial charge < -0.3 is 18.9 Å². The Hall–Kier alpha value is -3.38. The maximum atomic E-state index is 6.27. The summed E-state index contributed by atoms with van der Waals surface area (Å²) in [5.74, 6) is 2.67. The molecule has 3 heterocycles. The smallest absolute Gasteiger partial charge is 0.162 e. The molecular weight excluding hydrogens is 368 g/mol.